The maximum atomic E-state index is 13.1. The standard InChI is InChI=1S/C17H15ClFN3O/c1-21(2)16(23)10-22-9-14(18)17-15(22)7-12(8-20-17)11-3-5-13(19)6-4-11/h3-9H,10H2,1-2H3. The number of amides is 1. The largest absolute Gasteiger partial charge is 0.347 e. The van der Waals surface area contributed by atoms with Gasteiger partial charge in [-0.15, -0.1) is 0 Å². The summed E-state index contributed by atoms with van der Waals surface area (Å²) in [6.45, 7) is 0.185. The molecule has 0 bridgehead atoms. The zero-order valence-electron chi connectivity index (χ0n) is 12.8. The lowest BCUT2D eigenvalue weighted by atomic mass is 10.1. The molecule has 1 amide bonds. The van der Waals surface area contributed by atoms with E-state index in [0.717, 1.165) is 16.6 Å². The van der Waals surface area contributed by atoms with Crippen LogP contribution in [0, 0.1) is 5.82 Å². The first kappa shape index (κ1) is 15.5. The van der Waals surface area contributed by atoms with Gasteiger partial charge in [0.15, 0.2) is 0 Å². The third-order valence-corrected chi connectivity index (χ3v) is 3.93. The van der Waals surface area contributed by atoms with E-state index in [-0.39, 0.29) is 18.3 Å². The molecule has 118 valence electrons. The van der Waals surface area contributed by atoms with Crippen LogP contribution in [0.25, 0.3) is 22.2 Å². The number of halogens is 2. The first-order chi connectivity index (χ1) is 11.0. The molecule has 23 heavy (non-hydrogen) atoms. The summed E-state index contributed by atoms with van der Waals surface area (Å²) in [6.07, 6.45) is 3.40. The van der Waals surface area contributed by atoms with Crippen molar-refractivity contribution in [1.82, 2.24) is 14.5 Å². The van der Waals surface area contributed by atoms with Crippen molar-refractivity contribution in [2.75, 3.05) is 14.1 Å². The van der Waals surface area contributed by atoms with Gasteiger partial charge in [-0.3, -0.25) is 9.78 Å². The average molecular weight is 332 g/mol. The second-order valence-corrected chi connectivity index (χ2v) is 5.90. The van der Waals surface area contributed by atoms with Crippen LogP contribution in [0.3, 0.4) is 0 Å². The highest BCUT2D eigenvalue weighted by atomic mass is 35.5. The van der Waals surface area contributed by atoms with E-state index >= 15 is 0 Å². The van der Waals surface area contributed by atoms with E-state index in [9.17, 15) is 9.18 Å². The van der Waals surface area contributed by atoms with Crippen molar-refractivity contribution in [3.63, 3.8) is 0 Å². The molecule has 0 atom stereocenters. The summed E-state index contributed by atoms with van der Waals surface area (Å²) < 4.78 is 14.8. The molecular weight excluding hydrogens is 317 g/mol. The van der Waals surface area contributed by atoms with Crippen molar-refractivity contribution in [2.45, 2.75) is 6.54 Å². The van der Waals surface area contributed by atoms with E-state index in [1.807, 2.05) is 6.07 Å². The van der Waals surface area contributed by atoms with Crippen LogP contribution in [0.5, 0.6) is 0 Å². The summed E-state index contributed by atoms with van der Waals surface area (Å²) in [7, 11) is 3.41. The minimum Gasteiger partial charge on any atom is -0.347 e. The number of hydrogen-bond acceptors (Lipinski definition) is 2. The van der Waals surface area contributed by atoms with Crippen LogP contribution in [0.2, 0.25) is 5.02 Å². The van der Waals surface area contributed by atoms with Gasteiger partial charge in [-0.25, -0.2) is 4.39 Å². The molecule has 0 spiro atoms. The Balaban J connectivity index is 2.07. The van der Waals surface area contributed by atoms with E-state index in [1.54, 1.807) is 43.2 Å². The Bertz CT molecular complexity index is 871. The Morgan fingerprint density at radius 3 is 2.61 bits per heavy atom. The van der Waals surface area contributed by atoms with Crippen molar-refractivity contribution in [2.24, 2.45) is 0 Å². The van der Waals surface area contributed by atoms with E-state index in [4.69, 9.17) is 11.6 Å². The van der Waals surface area contributed by atoms with Crippen molar-refractivity contribution < 1.29 is 9.18 Å². The number of carbonyl (C=O) groups is 1. The van der Waals surface area contributed by atoms with Crippen LogP contribution >= 0.6 is 11.6 Å². The molecule has 0 saturated carbocycles. The van der Waals surface area contributed by atoms with Gasteiger partial charge in [-0.05, 0) is 23.8 Å². The third-order valence-electron chi connectivity index (χ3n) is 3.65. The third kappa shape index (κ3) is 3.05. The fourth-order valence-corrected chi connectivity index (χ4v) is 2.61. The smallest absolute Gasteiger partial charge is 0.241 e. The number of likely N-dealkylation sites (N-methyl/N-ethyl adjacent to an activating group) is 1. The molecule has 0 aliphatic rings. The van der Waals surface area contributed by atoms with Gasteiger partial charge in [0.1, 0.15) is 17.9 Å². The highest BCUT2D eigenvalue weighted by Gasteiger charge is 2.13. The highest BCUT2D eigenvalue weighted by molar-refractivity contribution is 6.35. The van der Waals surface area contributed by atoms with Crippen LogP contribution in [0.15, 0.2) is 42.7 Å². The number of hydrogen-bond donors (Lipinski definition) is 0. The second-order valence-electron chi connectivity index (χ2n) is 5.49. The van der Waals surface area contributed by atoms with Gasteiger partial charge in [0.05, 0.1) is 10.5 Å². The molecule has 1 aromatic carbocycles. The van der Waals surface area contributed by atoms with Gasteiger partial charge >= 0.3 is 0 Å². The van der Waals surface area contributed by atoms with E-state index in [2.05, 4.69) is 4.98 Å². The lowest BCUT2D eigenvalue weighted by Gasteiger charge is -2.11. The molecule has 2 aromatic heterocycles. The number of rotatable bonds is 3. The molecule has 6 heteroatoms. The van der Waals surface area contributed by atoms with Crippen molar-refractivity contribution in [1.29, 1.82) is 0 Å². The van der Waals surface area contributed by atoms with Gasteiger partial charge in [-0.2, -0.15) is 0 Å². The normalized spacial score (nSPS) is 11.0. The Hall–Kier alpha value is -2.40. The predicted octanol–water partition coefficient (Wildman–Crippen LogP) is 3.58. The van der Waals surface area contributed by atoms with Crippen LogP contribution in [-0.4, -0.2) is 34.5 Å². The van der Waals surface area contributed by atoms with Gasteiger partial charge < -0.3 is 9.47 Å². The Morgan fingerprint density at radius 2 is 1.96 bits per heavy atom. The van der Waals surface area contributed by atoms with Crippen molar-refractivity contribution in [3.8, 4) is 11.1 Å². The van der Waals surface area contributed by atoms with Crippen molar-refractivity contribution in [3.05, 3.63) is 53.6 Å². The highest BCUT2D eigenvalue weighted by Crippen LogP contribution is 2.28. The molecule has 0 N–H and O–H groups in total. The van der Waals surface area contributed by atoms with Gasteiger partial charge in [0, 0.05) is 32.1 Å². The number of pyridine rings is 1. The molecule has 0 aliphatic heterocycles. The SMILES string of the molecule is CN(C)C(=O)Cn1cc(Cl)c2ncc(-c3ccc(F)cc3)cc21. The molecule has 4 nitrogen and oxygen atoms in total. The summed E-state index contributed by atoms with van der Waals surface area (Å²) in [6, 6.07) is 8.10. The molecule has 2 heterocycles. The number of carbonyl (C=O) groups excluding carboxylic acids is 1. The van der Waals surface area contributed by atoms with E-state index in [0.29, 0.717) is 10.5 Å². The molecule has 0 radical (unpaired) electrons. The molecule has 0 aliphatic carbocycles. The number of aromatic nitrogens is 2. The van der Waals surface area contributed by atoms with Gasteiger partial charge in [-0.1, -0.05) is 23.7 Å². The van der Waals surface area contributed by atoms with Crippen LogP contribution in [0.4, 0.5) is 4.39 Å². The number of nitrogens with zero attached hydrogens (tertiary/aromatic N) is 3. The van der Waals surface area contributed by atoms with E-state index < -0.39 is 0 Å². The maximum Gasteiger partial charge on any atom is 0.241 e. The first-order valence-electron chi connectivity index (χ1n) is 7.06. The molecule has 0 saturated heterocycles. The molecular formula is C17H15ClFN3O. The topological polar surface area (TPSA) is 38.1 Å². The number of fused-ring (bicyclic) bond motifs is 1. The second kappa shape index (κ2) is 6.01. The van der Waals surface area contributed by atoms with Gasteiger partial charge in [0.25, 0.3) is 0 Å². The lowest BCUT2D eigenvalue weighted by Crippen LogP contribution is -2.25. The van der Waals surface area contributed by atoms with Crippen LogP contribution < -0.4 is 0 Å². The molecule has 3 aromatic rings. The molecule has 0 unspecified atom stereocenters. The fraction of sp³-hybridized carbons (Fsp3) is 0.176. The summed E-state index contributed by atoms with van der Waals surface area (Å²) in [5.41, 5.74) is 3.10. The summed E-state index contributed by atoms with van der Waals surface area (Å²) in [5, 5.41) is 0.497. The van der Waals surface area contributed by atoms with Crippen molar-refractivity contribution >= 4 is 28.5 Å². The first-order valence-corrected chi connectivity index (χ1v) is 7.44. The Kier molecular flexibility index (Phi) is 4.05. The molecule has 3 rings (SSSR count). The fourth-order valence-electron chi connectivity index (χ4n) is 2.34. The van der Waals surface area contributed by atoms with Gasteiger partial charge in [0.2, 0.25) is 5.91 Å². The Labute approximate surface area is 138 Å². The minimum atomic E-state index is -0.286. The summed E-state index contributed by atoms with van der Waals surface area (Å²) in [5.74, 6) is -0.323. The summed E-state index contributed by atoms with van der Waals surface area (Å²) in [4.78, 5) is 17.9. The average Bonchev–Trinajstić information content (AvgIpc) is 2.83. The maximum absolute atomic E-state index is 13.1. The minimum absolute atomic E-state index is 0.0363. The number of benzene rings is 1. The van der Waals surface area contributed by atoms with Crippen LogP contribution in [-0.2, 0) is 11.3 Å². The monoisotopic (exact) mass is 331 g/mol. The summed E-state index contributed by atoms with van der Waals surface area (Å²) >= 11 is 6.20. The Morgan fingerprint density at radius 1 is 1.26 bits per heavy atom. The molecule has 0 fully saturated rings. The van der Waals surface area contributed by atoms with E-state index in [1.165, 1.54) is 17.0 Å². The zero-order chi connectivity index (χ0) is 16.6. The zero-order valence-corrected chi connectivity index (χ0v) is 13.5. The van der Waals surface area contributed by atoms with Crippen LogP contribution in [0.1, 0.15) is 0 Å². The lowest BCUT2D eigenvalue weighted by molar-refractivity contribution is -0.129. The quantitative estimate of drug-likeness (QED) is 0.735. The predicted molar refractivity (Wildman–Crippen MR) is 88.8 cm³/mol.